The summed E-state index contributed by atoms with van der Waals surface area (Å²) in [7, 11) is -4.25. The van der Waals surface area contributed by atoms with Gasteiger partial charge in [-0.05, 0) is 34.1 Å². The molecule has 0 spiro atoms. The SMILES string of the molecule is O=c1[nH]c2cc(Br)c(S(=O)(=O)Nc3ccc(-n4cncn4)c(F)c3)c(Cl)c2o1. The molecule has 2 heterocycles. The third kappa shape index (κ3) is 3.19. The summed E-state index contributed by atoms with van der Waals surface area (Å²) in [6.07, 6.45) is 2.55. The molecule has 0 amide bonds. The van der Waals surface area contributed by atoms with Crippen molar-refractivity contribution in [3.05, 3.63) is 62.8 Å². The summed E-state index contributed by atoms with van der Waals surface area (Å²) in [6.45, 7) is 0. The monoisotopic (exact) mass is 487 g/mol. The van der Waals surface area contributed by atoms with Crippen LogP contribution in [0.5, 0.6) is 0 Å². The molecule has 2 aromatic heterocycles. The maximum absolute atomic E-state index is 14.3. The van der Waals surface area contributed by atoms with Crippen molar-refractivity contribution in [3.63, 3.8) is 0 Å². The molecule has 0 aliphatic heterocycles. The number of anilines is 1. The highest BCUT2D eigenvalue weighted by atomic mass is 79.9. The number of fused-ring (bicyclic) bond motifs is 1. The van der Waals surface area contributed by atoms with Crippen LogP contribution >= 0.6 is 27.5 Å². The fourth-order valence-electron chi connectivity index (χ4n) is 2.55. The van der Waals surface area contributed by atoms with Gasteiger partial charge in [0.05, 0.1) is 11.2 Å². The number of oxazole rings is 1. The molecule has 28 heavy (non-hydrogen) atoms. The molecule has 4 rings (SSSR count). The van der Waals surface area contributed by atoms with E-state index in [0.717, 1.165) is 6.07 Å². The quantitative estimate of drug-likeness (QED) is 0.455. The second kappa shape index (κ2) is 6.72. The van der Waals surface area contributed by atoms with Crippen LogP contribution in [-0.4, -0.2) is 28.2 Å². The fraction of sp³-hybridized carbons (Fsp3) is 0. The zero-order valence-electron chi connectivity index (χ0n) is 13.5. The third-order valence-electron chi connectivity index (χ3n) is 3.70. The van der Waals surface area contributed by atoms with Crippen molar-refractivity contribution >= 4 is 54.3 Å². The first-order valence-corrected chi connectivity index (χ1v) is 10.1. The lowest BCUT2D eigenvalue weighted by Crippen LogP contribution is -2.14. The van der Waals surface area contributed by atoms with Crippen LogP contribution < -0.4 is 10.5 Å². The summed E-state index contributed by atoms with van der Waals surface area (Å²) in [5, 5.41) is 3.52. The standard InChI is InChI=1S/C15H8BrClFN5O4S/c16-8-4-10-13(27-15(24)21-10)12(17)14(8)28(25,26)22-7-1-2-11(9(18)3-7)23-6-19-5-20-23/h1-6,22H,(H,21,24). The summed E-state index contributed by atoms with van der Waals surface area (Å²) in [5.74, 6) is -1.50. The summed E-state index contributed by atoms with van der Waals surface area (Å²) < 4.78 is 48.4. The van der Waals surface area contributed by atoms with Crippen LogP contribution in [0.3, 0.4) is 0 Å². The first-order valence-electron chi connectivity index (χ1n) is 7.44. The van der Waals surface area contributed by atoms with Crippen LogP contribution in [0.15, 0.2) is 55.5 Å². The van der Waals surface area contributed by atoms with Gasteiger partial charge in [-0.25, -0.2) is 27.3 Å². The first-order chi connectivity index (χ1) is 13.3. The Bertz CT molecular complexity index is 1370. The van der Waals surface area contributed by atoms with Gasteiger partial charge in [-0.15, -0.1) is 0 Å². The van der Waals surface area contributed by atoms with E-state index in [4.69, 9.17) is 16.0 Å². The van der Waals surface area contributed by atoms with Gasteiger partial charge >= 0.3 is 5.76 Å². The molecule has 4 aromatic rings. The van der Waals surface area contributed by atoms with Gasteiger partial charge in [-0.2, -0.15) is 5.10 Å². The largest absolute Gasteiger partial charge is 0.417 e. The molecular weight excluding hydrogens is 481 g/mol. The highest BCUT2D eigenvalue weighted by Gasteiger charge is 2.26. The number of benzene rings is 2. The lowest BCUT2D eigenvalue weighted by Gasteiger charge is -2.12. The number of nitrogens with zero attached hydrogens (tertiary/aromatic N) is 3. The Morgan fingerprint density at radius 2 is 2.11 bits per heavy atom. The molecule has 0 bridgehead atoms. The molecule has 0 saturated carbocycles. The van der Waals surface area contributed by atoms with E-state index in [1.54, 1.807) is 0 Å². The fourth-order valence-corrected chi connectivity index (χ4v) is 5.46. The van der Waals surface area contributed by atoms with Crippen molar-refractivity contribution in [1.29, 1.82) is 0 Å². The van der Waals surface area contributed by atoms with E-state index in [1.807, 2.05) is 0 Å². The Kier molecular flexibility index (Phi) is 4.48. The summed E-state index contributed by atoms with van der Waals surface area (Å²) >= 11 is 9.26. The molecule has 144 valence electrons. The molecule has 2 aromatic carbocycles. The van der Waals surface area contributed by atoms with Gasteiger partial charge in [0.25, 0.3) is 10.0 Å². The van der Waals surface area contributed by atoms with Crippen LogP contribution in [0.1, 0.15) is 0 Å². The van der Waals surface area contributed by atoms with E-state index in [1.165, 1.54) is 35.5 Å². The number of rotatable bonds is 4. The minimum absolute atomic E-state index is 0.0417. The number of sulfonamides is 1. The Hall–Kier alpha value is -2.70. The summed E-state index contributed by atoms with van der Waals surface area (Å²) in [6, 6.07) is 5.03. The van der Waals surface area contributed by atoms with E-state index in [-0.39, 0.29) is 36.9 Å². The van der Waals surface area contributed by atoms with Crippen molar-refractivity contribution in [2.75, 3.05) is 4.72 Å². The molecule has 0 radical (unpaired) electrons. The molecule has 0 aliphatic rings. The van der Waals surface area contributed by atoms with E-state index >= 15 is 0 Å². The minimum Gasteiger partial charge on any atom is -0.406 e. The maximum Gasteiger partial charge on any atom is 0.417 e. The minimum atomic E-state index is -4.25. The maximum atomic E-state index is 14.3. The Labute approximate surface area is 169 Å². The molecule has 0 atom stereocenters. The van der Waals surface area contributed by atoms with Crippen molar-refractivity contribution in [2.24, 2.45) is 0 Å². The van der Waals surface area contributed by atoms with Crippen LogP contribution in [0.25, 0.3) is 16.8 Å². The van der Waals surface area contributed by atoms with E-state index in [9.17, 15) is 17.6 Å². The van der Waals surface area contributed by atoms with Gasteiger partial charge in [-0.1, -0.05) is 11.6 Å². The lowest BCUT2D eigenvalue weighted by atomic mass is 10.3. The van der Waals surface area contributed by atoms with Gasteiger partial charge in [-0.3, -0.25) is 9.71 Å². The predicted molar refractivity (Wildman–Crippen MR) is 102 cm³/mol. The van der Waals surface area contributed by atoms with E-state index in [0.29, 0.717) is 0 Å². The molecule has 13 heteroatoms. The van der Waals surface area contributed by atoms with Crippen molar-refractivity contribution in [2.45, 2.75) is 4.90 Å². The molecule has 0 aliphatic carbocycles. The average Bonchev–Trinajstić information content (AvgIpc) is 3.23. The second-order valence-electron chi connectivity index (χ2n) is 5.50. The molecule has 0 unspecified atom stereocenters. The highest BCUT2D eigenvalue weighted by molar-refractivity contribution is 9.10. The van der Waals surface area contributed by atoms with Gasteiger partial charge < -0.3 is 4.42 Å². The smallest absolute Gasteiger partial charge is 0.406 e. The summed E-state index contributed by atoms with van der Waals surface area (Å²) in [5.41, 5.74) is 0.169. The van der Waals surface area contributed by atoms with Gasteiger partial charge in [0.2, 0.25) is 0 Å². The van der Waals surface area contributed by atoms with Crippen molar-refractivity contribution in [3.8, 4) is 5.69 Å². The zero-order chi connectivity index (χ0) is 20.1. The van der Waals surface area contributed by atoms with Crippen LogP contribution in [0.4, 0.5) is 10.1 Å². The summed E-state index contributed by atoms with van der Waals surface area (Å²) in [4.78, 5) is 17.1. The molecule has 0 fully saturated rings. The zero-order valence-corrected chi connectivity index (χ0v) is 16.6. The average molecular weight is 489 g/mol. The van der Waals surface area contributed by atoms with Crippen LogP contribution in [-0.2, 0) is 10.0 Å². The molecule has 9 nitrogen and oxygen atoms in total. The predicted octanol–water partition coefficient (Wildman–Crippen LogP) is 3.06. The molecule has 2 N–H and O–H groups in total. The first kappa shape index (κ1) is 18.7. The van der Waals surface area contributed by atoms with Crippen LogP contribution in [0, 0.1) is 5.82 Å². The van der Waals surface area contributed by atoms with Gasteiger partial charge in [0.15, 0.2) is 11.4 Å². The number of hydrogen-bond acceptors (Lipinski definition) is 6. The van der Waals surface area contributed by atoms with Gasteiger partial charge in [0.1, 0.15) is 28.3 Å². The topological polar surface area (TPSA) is 123 Å². The number of aromatic nitrogens is 4. The number of hydrogen-bond donors (Lipinski definition) is 2. The van der Waals surface area contributed by atoms with Crippen LogP contribution in [0.2, 0.25) is 5.02 Å². The Morgan fingerprint density at radius 1 is 1.32 bits per heavy atom. The number of H-pyrrole nitrogens is 1. The Morgan fingerprint density at radius 3 is 2.79 bits per heavy atom. The van der Waals surface area contributed by atoms with Gasteiger partial charge in [0, 0.05) is 10.5 Å². The van der Waals surface area contributed by atoms with Crippen molar-refractivity contribution < 1.29 is 17.2 Å². The molecule has 0 saturated heterocycles. The van der Waals surface area contributed by atoms with E-state index < -0.39 is 21.6 Å². The molecular formula is C15H8BrClFN5O4S. The van der Waals surface area contributed by atoms with Crippen molar-refractivity contribution in [1.82, 2.24) is 19.7 Å². The number of halogens is 3. The lowest BCUT2D eigenvalue weighted by molar-refractivity contribution is 0.554. The third-order valence-corrected chi connectivity index (χ3v) is 6.52. The normalized spacial score (nSPS) is 11.8. The second-order valence-corrected chi connectivity index (χ2v) is 8.36. The number of nitrogens with one attached hydrogen (secondary N) is 2. The number of aromatic amines is 1. The highest BCUT2D eigenvalue weighted by Crippen LogP contribution is 2.36. The Balaban J connectivity index is 1.75. The van der Waals surface area contributed by atoms with E-state index in [2.05, 4.69) is 35.7 Å².